The van der Waals surface area contributed by atoms with Crippen molar-refractivity contribution in [2.24, 2.45) is 0 Å². The van der Waals surface area contributed by atoms with Crippen molar-refractivity contribution in [3.05, 3.63) is 51.4 Å². The lowest BCUT2D eigenvalue weighted by Crippen LogP contribution is -2.09. The van der Waals surface area contributed by atoms with Gasteiger partial charge in [-0.15, -0.1) is 16.4 Å². The molecule has 0 saturated heterocycles. The zero-order chi connectivity index (χ0) is 14.2. The van der Waals surface area contributed by atoms with Gasteiger partial charge in [-0.05, 0) is 47.0 Å². The molecule has 0 fully saturated rings. The lowest BCUT2D eigenvalue weighted by molar-refractivity contribution is 0.753. The van der Waals surface area contributed by atoms with Gasteiger partial charge >= 0.3 is 0 Å². The zero-order valence-corrected chi connectivity index (χ0v) is 12.6. The van der Waals surface area contributed by atoms with Crippen molar-refractivity contribution in [3.8, 4) is 5.69 Å². The van der Waals surface area contributed by atoms with Gasteiger partial charge in [0.2, 0.25) is 0 Å². The van der Waals surface area contributed by atoms with Gasteiger partial charge in [-0.3, -0.25) is 0 Å². The topological polar surface area (TPSA) is 55.6 Å². The van der Waals surface area contributed by atoms with E-state index < -0.39 is 0 Å². The molecular weight excluding hydrogens is 306 g/mol. The number of aryl methyl sites for hydroxylation is 1. The van der Waals surface area contributed by atoms with Crippen molar-refractivity contribution in [3.63, 3.8) is 0 Å². The second-order valence-corrected chi connectivity index (χ2v) is 6.70. The number of tetrazole rings is 1. The molecule has 0 aliphatic heterocycles. The number of fused-ring (bicyclic) bond motifs is 1. The summed E-state index contributed by atoms with van der Waals surface area (Å²) in [4.78, 5) is 1.39. The molecule has 3 aromatic rings. The van der Waals surface area contributed by atoms with Gasteiger partial charge in [0.15, 0.2) is 0 Å². The van der Waals surface area contributed by atoms with Crippen LogP contribution < -0.4 is 5.32 Å². The quantitative estimate of drug-likeness (QED) is 0.803. The number of rotatable bonds is 3. The van der Waals surface area contributed by atoms with E-state index in [4.69, 9.17) is 11.6 Å². The number of para-hydroxylation sites is 2. The Morgan fingerprint density at radius 3 is 3.10 bits per heavy atom. The Balaban J connectivity index is 1.67. The lowest BCUT2D eigenvalue weighted by Gasteiger charge is -2.17. The van der Waals surface area contributed by atoms with E-state index in [0.717, 1.165) is 28.6 Å². The molecule has 1 aliphatic carbocycles. The molecule has 0 radical (unpaired) electrons. The zero-order valence-electron chi connectivity index (χ0n) is 11.0. The largest absolute Gasteiger partial charge is 0.376 e. The highest BCUT2D eigenvalue weighted by molar-refractivity contribution is 7.16. The summed E-state index contributed by atoms with van der Waals surface area (Å²) < 4.78 is 2.53. The molecule has 4 rings (SSSR count). The fourth-order valence-corrected chi connectivity index (χ4v) is 4.09. The summed E-state index contributed by atoms with van der Waals surface area (Å²) in [5.41, 5.74) is 3.28. The summed E-state index contributed by atoms with van der Waals surface area (Å²) in [6.07, 6.45) is 3.77. The third kappa shape index (κ3) is 2.30. The number of aromatic nitrogens is 4. The van der Waals surface area contributed by atoms with Crippen molar-refractivity contribution in [2.75, 3.05) is 5.32 Å². The first-order chi connectivity index (χ1) is 10.3. The van der Waals surface area contributed by atoms with E-state index in [1.807, 2.05) is 24.3 Å². The third-order valence-electron chi connectivity index (χ3n) is 3.68. The molecule has 2 aromatic heterocycles. The Bertz CT molecular complexity index is 768. The number of hydrogen-bond donors (Lipinski definition) is 1. The highest BCUT2D eigenvalue weighted by Gasteiger charge is 2.25. The van der Waals surface area contributed by atoms with Crippen LogP contribution in [0.5, 0.6) is 0 Å². The molecule has 7 heteroatoms. The molecule has 21 heavy (non-hydrogen) atoms. The molecule has 0 spiro atoms. The minimum atomic E-state index is 0.293. The van der Waals surface area contributed by atoms with Crippen molar-refractivity contribution in [1.29, 1.82) is 0 Å². The van der Waals surface area contributed by atoms with Gasteiger partial charge in [0.1, 0.15) is 6.33 Å². The fourth-order valence-electron chi connectivity index (χ4n) is 2.73. The van der Waals surface area contributed by atoms with E-state index in [0.29, 0.717) is 6.04 Å². The second kappa shape index (κ2) is 5.13. The summed E-state index contributed by atoms with van der Waals surface area (Å²) in [6, 6.07) is 10.4. The number of hydrogen-bond acceptors (Lipinski definition) is 5. The molecule has 0 bridgehead atoms. The molecule has 2 heterocycles. The molecule has 0 saturated carbocycles. The van der Waals surface area contributed by atoms with Crippen LogP contribution in [0.25, 0.3) is 5.69 Å². The van der Waals surface area contributed by atoms with E-state index in [1.54, 1.807) is 22.3 Å². The molecule has 1 N–H and O–H groups in total. The first kappa shape index (κ1) is 12.8. The van der Waals surface area contributed by atoms with Gasteiger partial charge in [-0.2, -0.15) is 4.68 Å². The van der Waals surface area contributed by atoms with Gasteiger partial charge in [-0.1, -0.05) is 23.7 Å². The monoisotopic (exact) mass is 317 g/mol. The maximum Gasteiger partial charge on any atom is 0.143 e. The van der Waals surface area contributed by atoms with E-state index in [-0.39, 0.29) is 0 Å². The standard InChI is InChI=1S/C14H12ClN5S/c15-14-7-9-10(5-6-13(9)21-14)17-11-3-1-2-4-12(11)20-8-16-18-19-20/h1-4,7-8,10,17H,5-6H2. The number of nitrogens with one attached hydrogen (secondary N) is 1. The predicted molar refractivity (Wildman–Crippen MR) is 83.2 cm³/mol. The maximum absolute atomic E-state index is 6.12. The molecule has 1 unspecified atom stereocenters. The van der Waals surface area contributed by atoms with Crippen LogP contribution in [0.1, 0.15) is 22.9 Å². The molecule has 5 nitrogen and oxygen atoms in total. The van der Waals surface area contributed by atoms with Crippen LogP contribution in [0.2, 0.25) is 4.34 Å². The van der Waals surface area contributed by atoms with Crippen LogP contribution in [0, 0.1) is 0 Å². The summed E-state index contributed by atoms with van der Waals surface area (Å²) in [5, 5.41) is 15.0. The predicted octanol–water partition coefficient (Wildman–Crippen LogP) is 3.48. The number of anilines is 1. The Hall–Kier alpha value is -1.92. The molecule has 106 valence electrons. The van der Waals surface area contributed by atoms with Gasteiger partial charge in [-0.25, -0.2) is 0 Å². The van der Waals surface area contributed by atoms with E-state index in [1.165, 1.54) is 10.4 Å². The van der Waals surface area contributed by atoms with E-state index in [9.17, 15) is 0 Å². The van der Waals surface area contributed by atoms with E-state index in [2.05, 4.69) is 26.9 Å². The maximum atomic E-state index is 6.12. The Morgan fingerprint density at radius 2 is 2.24 bits per heavy atom. The Labute approximate surface area is 130 Å². The van der Waals surface area contributed by atoms with Crippen LogP contribution in [0.15, 0.2) is 36.7 Å². The van der Waals surface area contributed by atoms with Crippen LogP contribution in [-0.4, -0.2) is 20.2 Å². The average molecular weight is 318 g/mol. The van der Waals surface area contributed by atoms with Crippen LogP contribution in [0.4, 0.5) is 5.69 Å². The average Bonchev–Trinajstić information content (AvgIpc) is 3.18. The van der Waals surface area contributed by atoms with Crippen LogP contribution in [-0.2, 0) is 6.42 Å². The van der Waals surface area contributed by atoms with Crippen LogP contribution >= 0.6 is 22.9 Å². The molecule has 1 aromatic carbocycles. The van der Waals surface area contributed by atoms with Crippen molar-refractivity contribution in [1.82, 2.24) is 20.2 Å². The van der Waals surface area contributed by atoms with Gasteiger partial charge < -0.3 is 5.32 Å². The van der Waals surface area contributed by atoms with Crippen LogP contribution in [0.3, 0.4) is 0 Å². The number of nitrogens with zero attached hydrogens (tertiary/aromatic N) is 4. The summed E-state index contributed by atoms with van der Waals surface area (Å²) >= 11 is 7.80. The Morgan fingerprint density at radius 1 is 1.33 bits per heavy atom. The smallest absolute Gasteiger partial charge is 0.143 e. The SMILES string of the molecule is Clc1cc2c(s1)CCC2Nc1ccccc1-n1cnnn1. The summed E-state index contributed by atoms with van der Waals surface area (Å²) in [5.74, 6) is 0. The van der Waals surface area contributed by atoms with Crippen molar-refractivity contribution in [2.45, 2.75) is 18.9 Å². The minimum Gasteiger partial charge on any atom is -0.376 e. The highest BCUT2D eigenvalue weighted by atomic mass is 35.5. The summed E-state index contributed by atoms with van der Waals surface area (Å²) in [7, 11) is 0. The first-order valence-corrected chi connectivity index (χ1v) is 7.88. The Kier molecular flexibility index (Phi) is 3.12. The first-order valence-electron chi connectivity index (χ1n) is 6.68. The number of thiophene rings is 1. The van der Waals surface area contributed by atoms with Crippen molar-refractivity contribution >= 4 is 28.6 Å². The second-order valence-electron chi connectivity index (χ2n) is 4.94. The fraction of sp³-hybridized carbons (Fsp3) is 0.214. The number of benzene rings is 1. The minimum absolute atomic E-state index is 0.293. The lowest BCUT2D eigenvalue weighted by atomic mass is 10.1. The van der Waals surface area contributed by atoms with E-state index >= 15 is 0 Å². The molecular formula is C14H12ClN5S. The summed E-state index contributed by atoms with van der Waals surface area (Å²) in [6.45, 7) is 0. The van der Waals surface area contributed by atoms with Crippen molar-refractivity contribution < 1.29 is 0 Å². The highest BCUT2D eigenvalue weighted by Crippen LogP contribution is 2.41. The number of halogens is 1. The molecule has 1 atom stereocenters. The molecule has 1 aliphatic rings. The van der Waals surface area contributed by atoms with Gasteiger partial charge in [0.25, 0.3) is 0 Å². The normalized spacial score (nSPS) is 16.9. The third-order valence-corrected chi connectivity index (χ3v) is 5.02. The molecule has 0 amide bonds. The van der Waals surface area contributed by atoms with Gasteiger partial charge in [0.05, 0.1) is 21.8 Å². The van der Waals surface area contributed by atoms with Gasteiger partial charge in [0, 0.05) is 4.88 Å².